The van der Waals surface area contributed by atoms with Crippen molar-refractivity contribution >= 4 is 41.4 Å². The summed E-state index contributed by atoms with van der Waals surface area (Å²) in [5, 5.41) is 19.2. The van der Waals surface area contributed by atoms with Crippen molar-refractivity contribution < 1.29 is 13.3 Å². The third-order valence-corrected chi connectivity index (χ3v) is 3.86. The fourth-order valence-electron chi connectivity index (χ4n) is 1.02. The number of nitro groups is 1. The Morgan fingerprint density at radius 3 is 2.44 bits per heavy atom. The number of rotatable bonds is 2. The summed E-state index contributed by atoms with van der Waals surface area (Å²) < 4.78 is 22.1. The van der Waals surface area contributed by atoms with E-state index < -0.39 is 24.6 Å². The van der Waals surface area contributed by atoms with Crippen LogP contribution in [0.4, 0.5) is 5.69 Å². The molecule has 0 saturated heterocycles. The van der Waals surface area contributed by atoms with Gasteiger partial charge in [0, 0.05) is 21.2 Å². The van der Waals surface area contributed by atoms with E-state index in [4.69, 9.17) is 15.9 Å². The van der Waals surface area contributed by atoms with Gasteiger partial charge >= 0.3 is 0 Å². The molecule has 1 aromatic rings. The van der Waals surface area contributed by atoms with Gasteiger partial charge in [0.05, 0.1) is 16.6 Å². The molecule has 9 heteroatoms. The van der Waals surface area contributed by atoms with Gasteiger partial charge < -0.3 is 0 Å². The molecule has 84 valence electrons. The Hall–Kier alpha value is -1.17. The van der Waals surface area contributed by atoms with Crippen molar-refractivity contribution in [1.29, 1.82) is 5.26 Å². The van der Waals surface area contributed by atoms with Gasteiger partial charge in [-0.1, -0.05) is 0 Å². The van der Waals surface area contributed by atoms with E-state index in [1.807, 2.05) is 0 Å². The third kappa shape index (κ3) is 2.49. The minimum atomic E-state index is -4.26. The van der Waals surface area contributed by atoms with E-state index in [2.05, 4.69) is 15.9 Å². The summed E-state index contributed by atoms with van der Waals surface area (Å²) >= 11 is 2.82. The van der Waals surface area contributed by atoms with Gasteiger partial charge in [-0.3, -0.25) is 10.1 Å². The average molecular weight is 326 g/mol. The van der Waals surface area contributed by atoms with E-state index >= 15 is 0 Å². The normalized spacial score (nSPS) is 10.8. The van der Waals surface area contributed by atoms with Crippen LogP contribution in [-0.4, -0.2) is 13.3 Å². The molecule has 0 aliphatic heterocycles. The van der Waals surface area contributed by atoms with Crippen molar-refractivity contribution in [1.82, 2.24) is 0 Å². The molecule has 0 spiro atoms. The van der Waals surface area contributed by atoms with Crippen molar-refractivity contribution in [2.45, 2.75) is 4.90 Å². The summed E-state index contributed by atoms with van der Waals surface area (Å²) in [5.41, 5.74) is -0.774. The first-order chi connectivity index (χ1) is 7.27. The van der Waals surface area contributed by atoms with E-state index in [0.717, 1.165) is 12.1 Å². The molecule has 0 atom stereocenters. The summed E-state index contributed by atoms with van der Waals surface area (Å²) in [5.74, 6) is 0. The predicted molar refractivity (Wildman–Crippen MR) is 58.6 cm³/mol. The van der Waals surface area contributed by atoms with Crippen LogP contribution in [0.15, 0.2) is 21.5 Å². The van der Waals surface area contributed by atoms with Crippen molar-refractivity contribution in [2.24, 2.45) is 0 Å². The lowest BCUT2D eigenvalue weighted by Gasteiger charge is -2.02. The van der Waals surface area contributed by atoms with Gasteiger partial charge in [-0.2, -0.15) is 5.26 Å². The molecule has 0 radical (unpaired) electrons. The molecule has 6 nitrogen and oxygen atoms in total. The maximum atomic E-state index is 11.1. The Morgan fingerprint density at radius 2 is 2.06 bits per heavy atom. The van der Waals surface area contributed by atoms with Gasteiger partial charge in [-0.15, -0.1) is 0 Å². The van der Waals surface area contributed by atoms with Crippen LogP contribution < -0.4 is 0 Å². The van der Waals surface area contributed by atoms with Gasteiger partial charge in [0.25, 0.3) is 14.7 Å². The highest BCUT2D eigenvalue weighted by molar-refractivity contribution is 9.10. The molecule has 0 saturated carbocycles. The van der Waals surface area contributed by atoms with E-state index in [0.29, 0.717) is 0 Å². The molecule has 0 bridgehead atoms. The van der Waals surface area contributed by atoms with Gasteiger partial charge in [0.1, 0.15) is 0 Å². The highest BCUT2D eigenvalue weighted by Gasteiger charge is 2.28. The van der Waals surface area contributed by atoms with Crippen LogP contribution in [0.3, 0.4) is 0 Å². The highest BCUT2D eigenvalue weighted by atomic mass is 79.9. The molecule has 0 heterocycles. The number of hydrogen-bond donors (Lipinski definition) is 0. The van der Waals surface area contributed by atoms with Crippen LogP contribution >= 0.6 is 26.6 Å². The van der Waals surface area contributed by atoms with Crippen LogP contribution in [-0.2, 0) is 9.05 Å². The fraction of sp³-hybridized carbons (Fsp3) is 0. The van der Waals surface area contributed by atoms with Gasteiger partial charge in [0.2, 0.25) is 0 Å². The third-order valence-electron chi connectivity index (χ3n) is 1.59. The quantitative estimate of drug-likeness (QED) is 0.471. The number of benzene rings is 1. The summed E-state index contributed by atoms with van der Waals surface area (Å²) in [6.07, 6.45) is 0. The molecule has 0 aliphatic carbocycles. The average Bonchev–Trinajstić information content (AvgIpc) is 2.14. The summed E-state index contributed by atoms with van der Waals surface area (Å²) in [7, 11) is 0.804. The van der Waals surface area contributed by atoms with E-state index in [-0.39, 0.29) is 10.0 Å². The standard InChI is InChI=1S/C7H2BrClN2O4S/c8-5-1-4(3-10)2-6(11(12)13)7(5)16(9,14)15/h1-2H. The van der Waals surface area contributed by atoms with Crippen LogP contribution in [0, 0.1) is 21.4 Å². The fourth-order valence-corrected chi connectivity index (χ4v) is 3.55. The molecule has 0 unspecified atom stereocenters. The van der Waals surface area contributed by atoms with Gasteiger partial charge in [0.15, 0.2) is 4.90 Å². The lowest BCUT2D eigenvalue weighted by molar-refractivity contribution is -0.387. The number of hydrogen-bond acceptors (Lipinski definition) is 5. The highest BCUT2D eigenvalue weighted by Crippen LogP contribution is 2.34. The second kappa shape index (κ2) is 4.37. The topological polar surface area (TPSA) is 101 Å². The van der Waals surface area contributed by atoms with Gasteiger partial charge in [-0.25, -0.2) is 8.42 Å². The number of halogens is 2. The monoisotopic (exact) mass is 324 g/mol. The Balaban J connectivity index is 3.75. The number of nitrogens with zero attached hydrogens (tertiary/aromatic N) is 2. The van der Waals surface area contributed by atoms with Crippen molar-refractivity contribution in [3.05, 3.63) is 32.3 Å². The zero-order valence-corrected chi connectivity index (χ0v) is 10.5. The molecular weight excluding hydrogens is 324 g/mol. The molecule has 0 fully saturated rings. The first-order valence-corrected chi connectivity index (χ1v) is 6.70. The SMILES string of the molecule is N#Cc1cc(Br)c(S(=O)(=O)Cl)c([N+](=O)[O-])c1. The summed E-state index contributed by atoms with van der Waals surface area (Å²) in [6, 6.07) is 3.66. The van der Waals surface area contributed by atoms with Crippen LogP contribution in [0.2, 0.25) is 0 Å². The molecule has 0 aliphatic rings. The smallest absolute Gasteiger partial charge is 0.258 e. The van der Waals surface area contributed by atoms with Crippen molar-refractivity contribution in [3.63, 3.8) is 0 Å². The Bertz CT molecular complexity index is 608. The zero-order valence-electron chi connectivity index (χ0n) is 7.35. The number of nitriles is 1. The van der Waals surface area contributed by atoms with E-state index in [9.17, 15) is 18.5 Å². The molecule has 1 aromatic carbocycles. The molecule has 1 rings (SSSR count). The van der Waals surface area contributed by atoms with Crippen LogP contribution in [0.1, 0.15) is 5.56 Å². The second-order valence-corrected chi connectivity index (χ2v) is 5.97. The minimum absolute atomic E-state index is 0.0392. The van der Waals surface area contributed by atoms with Crippen molar-refractivity contribution in [3.8, 4) is 6.07 Å². The van der Waals surface area contributed by atoms with Gasteiger partial charge in [-0.05, 0) is 22.0 Å². The maximum Gasteiger partial charge on any atom is 0.291 e. The first-order valence-electron chi connectivity index (χ1n) is 3.60. The maximum absolute atomic E-state index is 11.1. The molecule has 16 heavy (non-hydrogen) atoms. The van der Waals surface area contributed by atoms with Crippen LogP contribution in [0.25, 0.3) is 0 Å². The summed E-state index contributed by atoms with van der Waals surface area (Å²) in [4.78, 5) is 9.07. The Labute approximate surface area is 103 Å². The molecule has 0 N–H and O–H groups in total. The lowest BCUT2D eigenvalue weighted by Crippen LogP contribution is -2.01. The Morgan fingerprint density at radius 1 is 1.50 bits per heavy atom. The minimum Gasteiger partial charge on any atom is -0.258 e. The first kappa shape index (κ1) is 12.9. The molecular formula is C7H2BrClN2O4S. The number of nitro benzene ring substituents is 1. The summed E-state index contributed by atoms with van der Waals surface area (Å²) in [6.45, 7) is 0. The molecule has 0 aromatic heterocycles. The zero-order chi connectivity index (χ0) is 12.5. The predicted octanol–water partition coefficient (Wildman–Crippen LogP) is 2.16. The van der Waals surface area contributed by atoms with Crippen LogP contribution in [0.5, 0.6) is 0 Å². The van der Waals surface area contributed by atoms with Crippen molar-refractivity contribution in [2.75, 3.05) is 0 Å². The Kier molecular flexibility index (Phi) is 3.52. The largest absolute Gasteiger partial charge is 0.291 e. The second-order valence-electron chi connectivity index (χ2n) is 2.61. The molecule has 0 amide bonds. The lowest BCUT2D eigenvalue weighted by atomic mass is 10.2. The van der Waals surface area contributed by atoms with E-state index in [1.165, 1.54) is 0 Å². The van der Waals surface area contributed by atoms with E-state index in [1.54, 1.807) is 6.07 Å².